The van der Waals surface area contributed by atoms with Crippen LogP contribution in [0.2, 0.25) is 0 Å². The van der Waals surface area contributed by atoms with Crippen LogP contribution in [-0.2, 0) is 19.6 Å². The molecular formula is C28H47N3O8S. The molecule has 0 saturated carbocycles. The number of hydrogen-bond donors (Lipinski definition) is 2. The number of nitrogens with zero attached hydrogens (tertiary/aromatic N) is 1. The summed E-state index contributed by atoms with van der Waals surface area (Å²) in [5, 5.41) is 2.20. The Kier molecular flexibility index (Phi) is 18.4. The fourth-order valence-corrected chi connectivity index (χ4v) is 5.08. The van der Waals surface area contributed by atoms with Gasteiger partial charge in [-0.05, 0) is 13.3 Å². The molecule has 0 bridgehead atoms. The Morgan fingerprint density at radius 3 is 1.93 bits per heavy atom. The number of sulfonamides is 1. The van der Waals surface area contributed by atoms with E-state index in [1.165, 1.54) is 77.4 Å². The fourth-order valence-electron chi connectivity index (χ4n) is 4.00. The third-order valence-electron chi connectivity index (χ3n) is 6.19. The quantitative estimate of drug-likeness (QED) is 0.137. The number of unbranched alkanes of at least 4 members (excludes halogenated alkanes) is 13. The zero-order valence-corrected chi connectivity index (χ0v) is 25.1. The van der Waals surface area contributed by atoms with Gasteiger partial charge in [-0.3, -0.25) is 9.59 Å². The van der Waals surface area contributed by atoms with Crippen LogP contribution >= 0.6 is 0 Å². The van der Waals surface area contributed by atoms with Gasteiger partial charge in [0.05, 0.1) is 25.0 Å². The van der Waals surface area contributed by atoms with Crippen LogP contribution in [-0.4, -0.2) is 57.4 Å². The first-order valence-electron chi connectivity index (χ1n) is 14.4. The van der Waals surface area contributed by atoms with Crippen LogP contribution in [0.4, 0.5) is 4.79 Å². The summed E-state index contributed by atoms with van der Waals surface area (Å²) in [4.78, 5) is 39.6. The highest BCUT2D eigenvalue weighted by Crippen LogP contribution is 2.25. The molecule has 0 aliphatic heterocycles. The molecule has 0 atom stereocenters. The molecule has 1 aromatic rings. The van der Waals surface area contributed by atoms with Gasteiger partial charge in [0.25, 0.3) is 11.8 Å². The van der Waals surface area contributed by atoms with E-state index in [4.69, 9.17) is 14.2 Å². The summed E-state index contributed by atoms with van der Waals surface area (Å²) in [6.45, 7) is 3.64. The third-order valence-corrected chi connectivity index (χ3v) is 7.51. The largest absolute Gasteiger partial charge is 0.491 e. The normalized spacial score (nSPS) is 11.1. The van der Waals surface area contributed by atoms with E-state index in [0.717, 1.165) is 25.5 Å². The van der Waals surface area contributed by atoms with E-state index in [2.05, 4.69) is 17.2 Å². The average Bonchev–Trinajstić information content (AvgIpc) is 2.92. The van der Waals surface area contributed by atoms with Crippen molar-refractivity contribution in [2.45, 2.75) is 104 Å². The Hall–Kier alpha value is -2.89. The lowest BCUT2D eigenvalue weighted by Gasteiger charge is -2.11. The molecule has 1 heterocycles. The number of carbonyl (C=O) groups excluding carboxylic acids is 3. The van der Waals surface area contributed by atoms with Gasteiger partial charge < -0.3 is 19.5 Å². The second kappa shape index (κ2) is 20.9. The first-order chi connectivity index (χ1) is 19.2. The number of aromatic nitrogens is 1. The van der Waals surface area contributed by atoms with Gasteiger partial charge in [-0.25, -0.2) is 22.9 Å². The van der Waals surface area contributed by atoms with Crippen molar-refractivity contribution in [3.8, 4) is 11.6 Å². The summed E-state index contributed by atoms with van der Waals surface area (Å²) < 4.78 is 41.6. The highest BCUT2D eigenvalue weighted by atomic mass is 32.2. The van der Waals surface area contributed by atoms with E-state index >= 15 is 0 Å². The van der Waals surface area contributed by atoms with Crippen molar-refractivity contribution in [3.63, 3.8) is 0 Å². The molecule has 12 heteroatoms. The Balaban J connectivity index is 2.32. The van der Waals surface area contributed by atoms with Gasteiger partial charge in [0.2, 0.25) is 10.0 Å². The first kappa shape index (κ1) is 35.1. The van der Waals surface area contributed by atoms with Crippen LogP contribution in [0.1, 0.15) is 114 Å². The zero-order valence-electron chi connectivity index (χ0n) is 24.3. The Morgan fingerprint density at radius 1 is 0.850 bits per heavy atom. The van der Waals surface area contributed by atoms with Crippen LogP contribution in [0.25, 0.3) is 0 Å². The Labute approximate surface area is 239 Å². The maximum absolute atomic E-state index is 12.5. The fraction of sp³-hybridized carbons (Fsp3) is 0.714. The molecular weight excluding hydrogens is 538 g/mol. The second-order valence-electron chi connectivity index (χ2n) is 9.63. The van der Waals surface area contributed by atoms with E-state index < -0.39 is 34.5 Å². The van der Waals surface area contributed by atoms with Crippen molar-refractivity contribution >= 4 is 28.0 Å². The molecule has 40 heavy (non-hydrogen) atoms. The number of rotatable bonds is 22. The number of carbonyl (C=O) groups is 3. The van der Waals surface area contributed by atoms with Gasteiger partial charge in [-0.15, -0.1) is 0 Å². The van der Waals surface area contributed by atoms with E-state index in [-0.39, 0.29) is 29.6 Å². The summed E-state index contributed by atoms with van der Waals surface area (Å²) in [6.07, 6.45) is 16.3. The highest BCUT2D eigenvalue weighted by Gasteiger charge is 2.20. The lowest BCUT2D eigenvalue weighted by atomic mass is 10.0. The summed E-state index contributed by atoms with van der Waals surface area (Å²) in [6, 6.07) is 1.21. The molecule has 0 unspecified atom stereocenters. The molecule has 228 valence electrons. The van der Waals surface area contributed by atoms with Gasteiger partial charge in [0.15, 0.2) is 5.75 Å². The minimum Gasteiger partial charge on any atom is -0.491 e. The van der Waals surface area contributed by atoms with E-state index in [1.54, 1.807) is 6.92 Å². The summed E-state index contributed by atoms with van der Waals surface area (Å²) in [5.41, 5.74) is -0.0827. The van der Waals surface area contributed by atoms with Crippen LogP contribution in [0.3, 0.4) is 0 Å². The molecule has 0 aliphatic carbocycles. The molecule has 2 N–H and O–H groups in total. The molecule has 0 saturated heterocycles. The van der Waals surface area contributed by atoms with Crippen molar-refractivity contribution in [2.24, 2.45) is 0 Å². The standard InChI is InChI=1S/C28H47N3O8S/c1-4-6-7-8-9-10-11-12-13-14-15-16-17-18-19-40(35,36)31-26(33)23-20-24(37-3)27(29-21-23)39-28(34)30-22-25(32)38-5-2/h20-21H,4-19,22H2,1-3H3,(H,30,34)(H,31,33). The Morgan fingerprint density at radius 2 is 1.40 bits per heavy atom. The molecule has 0 aliphatic rings. The number of methoxy groups -OCH3 is 1. The van der Waals surface area contributed by atoms with Crippen LogP contribution < -0.4 is 19.5 Å². The number of nitrogens with one attached hydrogen (secondary N) is 2. The van der Waals surface area contributed by atoms with Gasteiger partial charge in [0.1, 0.15) is 6.54 Å². The first-order valence-corrected chi connectivity index (χ1v) is 16.1. The average molecular weight is 586 g/mol. The highest BCUT2D eigenvalue weighted by molar-refractivity contribution is 7.90. The second-order valence-corrected chi connectivity index (χ2v) is 11.5. The van der Waals surface area contributed by atoms with E-state index in [1.807, 2.05) is 4.72 Å². The van der Waals surface area contributed by atoms with Crippen LogP contribution in [0.5, 0.6) is 11.6 Å². The van der Waals surface area contributed by atoms with Gasteiger partial charge in [-0.2, -0.15) is 0 Å². The van der Waals surface area contributed by atoms with Gasteiger partial charge >= 0.3 is 12.1 Å². The van der Waals surface area contributed by atoms with Crippen LogP contribution in [0, 0.1) is 0 Å². The minimum atomic E-state index is -3.82. The van der Waals surface area contributed by atoms with Crippen molar-refractivity contribution in [1.82, 2.24) is 15.0 Å². The van der Waals surface area contributed by atoms with Crippen molar-refractivity contribution in [1.29, 1.82) is 0 Å². The topological polar surface area (TPSA) is 150 Å². The smallest absolute Gasteiger partial charge is 0.414 e. The van der Waals surface area contributed by atoms with Crippen molar-refractivity contribution in [2.75, 3.05) is 26.0 Å². The molecule has 1 aromatic heterocycles. The number of hydrogen-bond acceptors (Lipinski definition) is 9. The van der Waals surface area contributed by atoms with E-state index in [9.17, 15) is 22.8 Å². The van der Waals surface area contributed by atoms with Crippen molar-refractivity contribution < 1.29 is 37.0 Å². The number of pyridine rings is 1. The lowest BCUT2D eigenvalue weighted by molar-refractivity contribution is -0.141. The zero-order chi connectivity index (χ0) is 29.6. The predicted octanol–water partition coefficient (Wildman–Crippen LogP) is 5.28. The SMILES string of the molecule is CCCCCCCCCCCCCCCCS(=O)(=O)NC(=O)c1cnc(OC(=O)NCC(=O)OCC)c(OC)c1. The van der Waals surface area contributed by atoms with Gasteiger partial charge in [-0.1, -0.05) is 90.4 Å². The molecule has 1 rings (SSSR count). The molecule has 0 fully saturated rings. The maximum atomic E-state index is 12.5. The maximum Gasteiger partial charge on any atom is 0.414 e. The minimum absolute atomic E-state index is 0.0664. The molecule has 0 radical (unpaired) electrons. The van der Waals surface area contributed by atoms with Crippen LogP contribution in [0.15, 0.2) is 12.3 Å². The Bertz CT molecular complexity index is 1000. The molecule has 0 spiro atoms. The number of ether oxygens (including phenoxy) is 3. The molecule has 2 amide bonds. The van der Waals surface area contributed by atoms with E-state index in [0.29, 0.717) is 6.42 Å². The summed E-state index contributed by atoms with van der Waals surface area (Å²) >= 11 is 0. The molecule has 11 nitrogen and oxygen atoms in total. The van der Waals surface area contributed by atoms with Gasteiger partial charge in [0, 0.05) is 12.3 Å². The summed E-state index contributed by atoms with van der Waals surface area (Å²) in [7, 11) is -2.55. The predicted molar refractivity (Wildman–Crippen MR) is 153 cm³/mol. The summed E-state index contributed by atoms with van der Waals surface area (Å²) in [5.74, 6) is -1.98. The molecule has 0 aromatic carbocycles. The van der Waals surface area contributed by atoms with Crippen molar-refractivity contribution in [3.05, 3.63) is 17.8 Å². The number of esters is 1. The monoisotopic (exact) mass is 585 g/mol. The number of amides is 2. The third kappa shape index (κ3) is 16.3. The lowest BCUT2D eigenvalue weighted by Crippen LogP contribution is -2.33.